The molecule has 28 heavy (non-hydrogen) atoms. The van der Waals surface area contributed by atoms with Crippen LogP contribution >= 0.6 is 11.6 Å². The Morgan fingerprint density at radius 2 is 1.93 bits per heavy atom. The fraction of sp³-hybridized carbons (Fsp3) is 0.391. The molecule has 1 aromatic heterocycles. The van der Waals surface area contributed by atoms with Gasteiger partial charge in [-0.3, -0.25) is 4.79 Å². The molecule has 1 aliphatic heterocycles. The minimum atomic E-state index is 0.223. The number of piperidine rings is 1. The summed E-state index contributed by atoms with van der Waals surface area (Å²) in [6, 6.07) is 12.1. The largest absolute Gasteiger partial charge is 0.440 e. The molecule has 0 N–H and O–H groups in total. The number of benzene rings is 2. The predicted octanol–water partition coefficient (Wildman–Crippen LogP) is 4.92. The van der Waals surface area contributed by atoms with Crippen LogP contribution in [0.15, 0.2) is 40.8 Å². The number of hydrogen-bond acceptors (Lipinski definition) is 3. The number of carbonyl (C=O) groups is 1. The summed E-state index contributed by atoms with van der Waals surface area (Å²) in [6.45, 7) is 1.52. The number of nitrogens with zero attached hydrogens (tertiary/aromatic N) is 2. The Hall–Kier alpha value is -2.33. The number of carbonyl (C=O) groups excluding carboxylic acids is 1. The highest BCUT2D eigenvalue weighted by molar-refractivity contribution is 6.31. The van der Waals surface area contributed by atoms with E-state index in [2.05, 4.69) is 23.2 Å². The van der Waals surface area contributed by atoms with Crippen LogP contribution < -0.4 is 0 Å². The molecule has 0 saturated carbocycles. The van der Waals surface area contributed by atoms with Crippen molar-refractivity contribution in [3.8, 4) is 0 Å². The van der Waals surface area contributed by atoms with Crippen molar-refractivity contribution >= 4 is 28.6 Å². The van der Waals surface area contributed by atoms with Gasteiger partial charge in [0.2, 0.25) is 5.91 Å². The third-order valence-corrected chi connectivity index (χ3v) is 6.32. The molecule has 1 fully saturated rings. The van der Waals surface area contributed by atoms with Crippen molar-refractivity contribution in [2.75, 3.05) is 13.1 Å². The number of likely N-dealkylation sites (tertiary alicyclic amines) is 1. The molecule has 0 bridgehead atoms. The molecule has 0 unspecified atom stereocenters. The van der Waals surface area contributed by atoms with Crippen LogP contribution in [-0.2, 0) is 24.1 Å². The van der Waals surface area contributed by atoms with Gasteiger partial charge >= 0.3 is 0 Å². The van der Waals surface area contributed by atoms with Crippen molar-refractivity contribution < 1.29 is 9.21 Å². The van der Waals surface area contributed by atoms with Gasteiger partial charge in [-0.1, -0.05) is 29.8 Å². The van der Waals surface area contributed by atoms with Gasteiger partial charge in [-0.05, 0) is 67.0 Å². The lowest BCUT2D eigenvalue weighted by Crippen LogP contribution is -2.38. The second kappa shape index (κ2) is 7.25. The van der Waals surface area contributed by atoms with Crippen LogP contribution in [-0.4, -0.2) is 28.9 Å². The van der Waals surface area contributed by atoms with E-state index in [-0.39, 0.29) is 11.8 Å². The lowest BCUT2D eigenvalue weighted by atomic mass is 9.96. The van der Waals surface area contributed by atoms with Crippen molar-refractivity contribution in [3.05, 3.63) is 64.0 Å². The van der Waals surface area contributed by atoms with Crippen LogP contribution in [0.1, 0.15) is 47.8 Å². The lowest BCUT2D eigenvalue weighted by Gasteiger charge is -2.30. The number of halogens is 1. The second-order valence-corrected chi connectivity index (χ2v) is 8.39. The summed E-state index contributed by atoms with van der Waals surface area (Å²) >= 11 is 6.04. The van der Waals surface area contributed by atoms with E-state index in [9.17, 15) is 4.79 Å². The number of hydrogen-bond donors (Lipinski definition) is 0. The number of oxazole rings is 1. The Kier molecular flexibility index (Phi) is 4.59. The van der Waals surface area contributed by atoms with E-state index in [0.717, 1.165) is 54.9 Å². The first-order valence-corrected chi connectivity index (χ1v) is 10.5. The number of aromatic nitrogens is 1. The Balaban J connectivity index is 1.22. The Bertz CT molecular complexity index is 1030. The topological polar surface area (TPSA) is 46.3 Å². The number of aryl methyl sites for hydroxylation is 2. The normalized spacial score (nSPS) is 17.2. The molecule has 3 aromatic rings. The number of rotatable bonds is 3. The molecule has 1 aliphatic carbocycles. The van der Waals surface area contributed by atoms with Gasteiger partial charge in [0.1, 0.15) is 5.52 Å². The van der Waals surface area contributed by atoms with E-state index in [1.165, 1.54) is 24.0 Å². The highest BCUT2D eigenvalue weighted by Crippen LogP contribution is 2.31. The van der Waals surface area contributed by atoms with Gasteiger partial charge in [0.25, 0.3) is 0 Å². The quantitative estimate of drug-likeness (QED) is 0.633. The Labute approximate surface area is 169 Å². The summed E-state index contributed by atoms with van der Waals surface area (Å²) in [6.07, 6.45) is 5.84. The maximum atomic E-state index is 12.8. The van der Waals surface area contributed by atoms with E-state index in [4.69, 9.17) is 16.0 Å². The average molecular weight is 395 g/mol. The van der Waals surface area contributed by atoms with E-state index >= 15 is 0 Å². The summed E-state index contributed by atoms with van der Waals surface area (Å²) < 4.78 is 5.92. The van der Waals surface area contributed by atoms with Crippen LogP contribution in [0.2, 0.25) is 5.02 Å². The SMILES string of the molecule is O=C(Cc1ccc2c(c1)CCC2)N1CCC(c2nc3cc(Cl)ccc3o2)CC1. The third kappa shape index (κ3) is 3.42. The van der Waals surface area contributed by atoms with Gasteiger partial charge in [-0.2, -0.15) is 0 Å². The molecule has 144 valence electrons. The smallest absolute Gasteiger partial charge is 0.226 e. The predicted molar refractivity (Wildman–Crippen MR) is 110 cm³/mol. The summed E-state index contributed by atoms with van der Waals surface area (Å²) in [5, 5.41) is 0.666. The minimum absolute atomic E-state index is 0.223. The molecule has 0 radical (unpaired) electrons. The van der Waals surface area contributed by atoms with E-state index in [0.29, 0.717) is 11.4 Å². The van der Waals surface area contributed by atoms with Crippen molar-refractivity contribution in [1.29, 1.82) is 0 Å². The van der Waals surface area contributed by atoms with Gasteiger partial charge < -0.3 is 9.32 Å². The monoisotopic (exact) mass is 394 g/mol. The van der Waals surface area contributed by atoms with Crippen LogP contribution in [0, 0.1) is 0 Å². The molecule has 1 amide bonds. The molecular formula is C23H23ClN2O2. The van der Waals surface area contributed by atoms with Crippen LogP contribution in [0.5, 0.6) is 0 Å². The molecule has 5 heteroatoms. The van der Waals surface area contributed by atoms with Crippen molar-refractivity contribution in [2.45, 2.75) is 44.4 Å². The molecular weight excluding hydrogens is 372 g/mol. The molecule has 0 spiro atoms. The standard InChI is InChI=1S/C23H23ClN2O2/c24-19-6-7-21-20(14-19)25-23(28-21)17-8-10-26(11-9-17)22(27)13-15-4-5-16-2-1-3-18(16)12-15/h4-7,12,14,17H,1-3,8-11,13H2. The molecule has 4 nitrogen and oxygen atoms in total. The van der Waals surface area contributed by atoms with E-state index < -0.39 is 0 Å². The van der Waals surface area contributed by atoms with Crippen molar-refractivity contribution in [3.63, 3.8) is 0 Å². The molecule has 1 saturated heterocycles. The fourth-order valence-corrected chi connectivity index (χ4v) is 4.66. The minimum Gasteiger partial charge on any atom is -0.440 e. The summed E-state index contributed by atoms with van der Waals surface area (Å²) in [7, 11) is 0. The first-order valence-electron chi connectivity index (χ1n) is 10.1. The second-order valence-electron chi connectivity index (χ2n) is 7.95. The van der Waals surface area contributed by atoms with Gasteiger partial charge in [0.05, 0.1) is 6.42 Å². The third-order valence-electron chi connectivity index (χ3n) is 6.08. The van der Waals surface area contributed by atoms with Gasteiger partial charge in [-0.25, -0.2) is 4.98 Å². The summed E-state index contributed by atoms with van der Waals surface area (Å²) in [5.41, 5.74) is 5.60. The molecule has 2 aromatic carbocycles. The Morgan fingerprint density at radius 1 is 1.11 bits per heavy atom. The first-order chi connectivity index (χ1) is 13.7. The van der Waals surface area contributed by atoms with Crippen LogP contribution in [0.3, 0.4) is 0 Å². The zero-order valence-corrected chi connectivity index (χ0v) is 16.5. The van der Waals surface area contributed by atoms with Crippen molar-refractivity contribution in [1.82, 2.24) is 9.88 Å². The zero-order chi connectivity index (χ0) is 19.1. The van der Waals surface area contributed by atoms with Gasteiger partial charge in [0.15, 0.2) is 11.5 Å². The summed E-state index contributed by atoms with van der Waals surface area (Å²) in [4.78, 5) is 19.4. The van der Waals surface area contributed by atoms with E-state index in [1.807, 2.05) is 23.1 Å². The van der Waals surface area contributed by atoms with Gasteiger partial charge in [0, 0.05) is 24.0 Å². The zero-order valence-electron chi connectivity index (χ0n) is 15.8. The molecule has 0 atom stereocenters. The van der Waals surface area contributed by atoms with Gasteiger partial charge in [-0.15, -0.1) is 0 Å². The van der Waals surface area contributed by atoms with Crippen LogP contribution in [0.4, 0.5) is 0 Å². The van der Waals surface area contributed by atoms with Crippen molar-refractivity contribution in [2.24, 2.45) is 0 Å². The molecule has 2 aliphatic rings. The molecule has 2 heterocycles. The molecule has 5 rings (SSSR count). The summed E-state index contributed by atoms with van der Waals surface area (Å²) in [5.74, 6) is 1.25. The van der Waals surface area contributed by atoms with E-state index in [1.54, 1.807) is 0 Å². The number of amides is 1. The maximum Gasteiger partial charge on any atom is 0.226 e. The number of fused-ring (bicyclic) bond motifs is 2. The van der Waals surface area contributed by atoms with Crippen LogP contribution in [0.25, 0.3) is 11.1 Å². The fourth-order valence-electron chi connectivity index (χ4n) is 4.49. The average Bonchev–Trinajstić information content (AvgIpc) is 3.34. The highest BCUT2D eigenvalue weighted by atomic mass is 35.5. The highest BCUT2D eigenvalue weighted by Gasteiger charge is 2.27. The lowest BCUT2D eigenvalue weighted by molar-refractivity contribution is -0.131. The Morgan fingerprint density at radius 3 is 2.79 bits per heavy atom. The maximum absolute atomic E-state index is 12.8. The first kappa shape index (κ1) is 17.7.